The van der Waals surface area contributed by atoms with Gasteiger partial charge in [0, 0.05) is 25.5 Å². The Morgan fingerprint density at radius 1 is 1.39 bits per heavy atom. The Kier molecular flexibility index (Phi) is 3.66. The molecule has 2 unspecified atom stereocenters. The van der Waals surface area contributed by atoms with Crippen molar-refractivity contribution in [1.82, 2.24) is 14.5 Å². The first-order chi connectivity index (χ1) is 8.61. The van der Waals surface area contributed by atoms with Gasteiger partial charge < -0.3 is 4.90 Å². The molecule has 1 aromatic heterocycles. The fraction of sp³-hybridized carbons (Fsp3) is 0.615. The standard InChI is InChI=1S/C13H18N4O/c1-10-3-4-11(2)9-16(8-10)13(18)17-6-5-15-12(17)7-14/h5-6,10-11H,3-4,8-9H2,1-2H3. The van der Waals surface area contributed by atoms with Crippen LogP contribution in [0, 0.1) is 23.2 Å². The van der Waals surface area contributed by atoms with Crippen LogP contribution in [0.2, 0.25) is 0 Å². The van der Waals surface area contributed by atoms with E-state index in [0.29, 0.717) is 11.8 Å². The van der Waals surface area contributed by atoms with Gasteiger partial charge in [-0.3, -0.25) is 0 Å². The highest BCUT2D eigenvalue weighted by atomic mass is 16.2. The molecule has 2 atom stereocenters. The number of aromatic nitrogens is 2. The Morgan fingerprint density at radius 2 is 2.00 bits per heavy atom. The van der Waals surface area contributed by atoms with Gasteiger partial charge in [-0.15, -0.1) is 0 Å². The molecule has 1 aromatic rings. The summed E-state index contributed by atoms with van der Waals surface area (Å²) < 4.78 is 1.34. The second kappa shape index (κ2) is 5.21. The van der Waals surface area contributed by atoms with Crippen molar-refractivity contribution < 1.29 is 4.79 Å². The van der Waals surface area contributed by atoms with Gasteiger partial charge in [0.05, 0.1) is 0 Å². The van der Waals surface area contributed by atoms with Gasteiger partial charge in [-0.05, 0) is 24.7 Å². The summed E-state index contributed by atoms with van der Waals surface area (Å²) in [5.41, 5.74) is 0. The molecule has 1 aliphatic heterocycles. The number of carbonyl (C=O) groups is 1. The zero-order chi connectivity index (χ0) is 13.1. The molecule has 1 fully saturated rings. The molecule has 1 aliphatic rings. The molecule has 18 heavy (non-hydrogen) atoms. The average molecular weight is 246 g/mol. The third-order valence-corrected chi connectivity index (χ3v) is 3.43. The maximum atomic E-state index is 12.4. The van der Waals surface area contributed by atoms with Crippen molar-refractivity contribution in [3.05, 3.63) is 18.2 Å². The van der Waals surface area contributed by atoms with Crippen LogP contribution >= 0.6 is 0 Å². The number of likely N-dealkylation sites (tertiary alicyclic amines) is 1. The number of imidazole rings is 1. The monoisotopic (exact) mass is 246 g/mol. The summed E-state index contributed by atoms with van der Waals surface area (Å²) in [7, 11) is 0. The van der Waals surface area contributed by atoms with E-state index in [4.69, 9.17) is 5.26 Å². The summed E-state index contributed by atoms with van der Waals surface area (Å²) in [4.78, 5) is 18.1. The summed E-state index contributed by atoms with van der Waals surface area (Å²) >= 11 is 0. The second-order valence-corrected chi connectivity index (χ2v) is 5.21. The lowest BCUT2D eigenvalue weighted by atomic mass is 10.0. The minimum atomic E-state index is -0.135. The van der Waals surface area contributed by atoms with Crippen molar-refractivity contribution in [2.24, 2.45) is 11.8 Å². The number of hydrogen-bond acceptors (Lipinski definition) is 3. The van der Waals surface area contributed by atoms with Gasteiger partial charge >= 0.3 is 6.03 Å². The lowest BCUT2D eigenvalue weighted by Crippen LogP contribution is -2.39. The third-order valence-electron chi connectivity index (χ3n) is 3.43. The number of nitrogens with zero attached hydrogens (tertiary/aromatic N) is 4. The van der Waals surface area contributed by atoms with E-state index in [9.17, 15) is 4.79 Å². The first kappa shape index (κ1) is 12.6. The van der Waals surface area contributed by atoms with E-state index in [-0.39, 0.29) is 11.9 Å². The molecule has 2 rings (SSSR count). The highest BCUT2D eigenvalue weighted by Gasteiger charge is 2.25. The second-order valence-electron chi connectivity index (χ2n) is 5.21. The quantitative estimate of drug-likeness (QED) is 0.704. The van der Waals surface area contributed by atoms with Gasteiger partial charge in [0.2, 0.25) is 5.82 Å². The van der Waals surface area contributed by atoms with Gasteiger partial charge in [0.25, 0.3) is 0 Å². The molecule has 0 aliphatic carbocycles. The Hall–Kier alpha value is -1.83. The van der Waals surface area contributed by atoms with Crippen molar-refractivity contribution >= 4 is 6.03 Å². The highest BCUT2D eigenvalue weighted by Crippen LogP contribution is 2.20. The molecule has 0 N–H and O–H groups in total. The maximum absolute atomic E-state index is 12.4. The molecule has 96 valence electrons. The van der Waals surface area contributed by atoms with E-state index in [0.717, 1.165) is 25.9 Å². The molecule has 0 radical (unpaired) electrons. The summed E-state index contributed by atoms with van der Waals surface area (Å²) in [6.45, 7) is 5.84. The topological polar surface area (TPSA) is 61.9 Å². The molecule has 0 bridgehead atoms. The minimum Gasteiger partial charge on any atom is -0.323 e. The lowest BCUT2D eigenvalue weighted by Gasteiger charge is -2.24. The van der Waals surface area contributed by atoms with E-state index < -0.39 is 0 Å². The number of rotatable bonds is 0. The first-order valence-electron chi connectivity index (χ1n) is 6.34. The largest absolute Gasteiger partial charge is 0.330 e. The molecule has 2 heterocycles. The maximum Gasteiger partial charge on any atom is 0.330 e. The van der Waals surface area contributed by atoms with E-state index in [1.807, 2.05) is 11.0 Å². The summed E-state index contributed by atoms with van der Waals surface area (Å²) in [5, 5.41) is 8.91. The molecule has 0 spiro atoms. The molecule has 5 heteroatoms. The summed E-state index contributed by atoms with van der Waals surface area (Å²) in [6.07, 6.45) is 5.35. The van der Waals surface area contributed by atoms with E-state index in [1.54, 1.807) is 6.20 Å². The Morgan fingerprint density at radius 3 is 2.56 bits per heavy atom. The Bertz CT molecular complexity index is 462. The van der Waals surface area contributed by atoms with Gasteiger partial charge in [-0.2, -0.15) is 5.26 Å². The van der Waals surface area contributed by atoms with Gasteiger partial charge in [0.1, 0.15) is 6.07 Å². The lowest BCUT2D eigenvalue weighted by molar-refractivity contribution is 0.190. The van der Waals surface area contributed by atoms with E-state index in [1.165, 1.54) is 10.8 Å². The molecule has 0 aromatic carbocycles. The summed E-state index contributed by atoms with van der Waals surface area (Å²) in [5.74, 6) is 1.17. The molecule has 1 saturated heterocycles. The van der Waals surface area contributed by atoms with Crippen LogP contribution in [0.25, 0.3) is 0 Å². The van der Waals surface area contributed by atoms with Crippen LogP contribution in [0.4, 0.5) is 4.79 Å². The molecular weight excluding hydrogens is 228 g/mol. The van der Waals surface area contributed by atoms with Crippen molar-refractivity contribution in [1.29, 1.82) is 5.26 Å². The van der Waals surface area contributed by atoms with Crippen LogP contribution in [-0.2, 0) is 0 Å². The zero-order valence-electron chi connectivity index (χ0n) is 10.8. The Balaban J connectivity index is 2.20. The Labute approximate surface area is 107 Å². The van der Waals surface area contributed by atoms with Crippen molar-refractivity contribution in [2.45, 2.75) is 26.7 Å². The van der Waals surface area contributed by atoms with Crippen LogP contribution in [0.1, 0.15) is 32.5 Å². The molecular formula is C13H18N4O. The first-order valence-corrected chi connectivity index (χ1v) is 6.34. The van der Waals surface area contributed by atoms with Gasteiger partial charge in [-0.25, -0.2) is 14.3 Å². The number of nitriles is 1. The van der Waals surface area contributed by atoms with Crippen molar-refractivity contribution in [3.63, 3.8) is 0 Å². The SMILES string of the molecule is CC1CCC(C)CN(C(=O)n2ccnc2C#N)C1. The fourth-order valence-corrected chi connectivity index (χ4v) is 2.43. The minimum absolute atomic E-state index is 0.135. The molecule has 0 saturated carbocycles. The van der Waals surface area contributed by atoms with Crippen LogP contribution < -0.4 is 0 Å². The van der Waals surface area contributed by atoms with Crippen molar-refractivity contribution in [2.75, 3.05) is 13.1 Å². The number of carbonyl (C=O) groups excluding carboxylic acids is 1. The average Bonchev–Trinajstić information content (AvgIpc) is 2.76. The fourth-order valence-electron chi connectivity index (χ4n) is 2.43. The van der Waals surface area contributed by atoms with Crippen LogP contribution in [0.3, 0.4) is 0 Å². The van der Waals surface area contributed by atoms with Crippen molar-refractivity contribution in [3.8, 4) is 6.07 Å². The molecule has 1 amide bonds. The normalized spacial score (nSPS) is 24.4. The van der Waals surface area contributed by atoms with E-state index in [2.05, 4.69) is 18.8 Å². The predicted octanol–water partition coefficient (Wildman–Crippen LogP) is 2.09. The van der Waals surface area contributed by atoms with Crippen LogP contribution in [-0.4, -0.2) is 33.6 Å². The van der Waals surface area contributed by atoms with Gasteiger partial charge in [0.15, 0.2) is 0 Å². The van der Waals surface area contributed by atoms with Crippen LogP contribution in [0.15, 0.2) is 12.4 Å². The smallest absolute Gasteiger partial charge is 0.323 e. The zero-order valence-corrected chi connectivity index (χ0v) is 10.8. The molecule has 5 nitrogen and oxygen atoms in total. The number of hydrogen-bond donors (Lipinski definition) is 0. The van der Waals surface area contributed by atoms with Gasteiger partial charge in [-0.1, -0.05) is 13.8 Å². The summed E-state index contributed by atoms with van der Waals surface area (Å²) in [6, 6.07) is 1.80. The number of amides is 1. The highest BCUT2D eigenvalue weighted by molar-refractivity contribution is 5.78. The van der Waals surface area contributed by atoms with E-state index >= 15 is 0 Å². The van der Waals surface area contributed by atoms with Crippen LogP contribution in [0.5, 0.6) is 0 Å². The third kappa shape index (κ3) is 2.53. The predicted molar refractivity (Wildman–Crippen MR) is 66.9 cm³/mol.